The molecule has 1 aromatic carbocycles. The largest absolute Gasteiger partial charge is 0.493 e. The fourth-order valence-electron chi connectivity index (χ4n) is 2.65. The zero-order valence-corrected chi connectivity index (χ0v) is 15.5. The maximum atomic E-state index is 12.9. The number of hydrogen-bond acceptors (Lipinski definition) is 5. The summed E-state index contributed by atoms with van der Waals surface area (Å²) in [6.45, 7) is 4.82. The van der Waals surface area contributed by atoms with Crippen LogP contribution in [0.15, 0.2) is 21.5 Å². The SMILES string of the molecule is COc1cc(Br)c(S(=O)(=O)N2C[C@@H](C)N[C@@H](C)C2)cc1OC. The summed E-state index contributed by atoms with van der Waals surface area (Å²) in [5, 5.41) is 3.33. The molecule has 22 heavy (non-hydrogen) atoms. The van der Waals surface area contributed by atoms with Gasteiger partial charge in [0.2, 0.25) is 10.0 Å². The molecular formula is C14H21BrN2O4S. The quantitative estimate of drug-likeness (QED) is 0.846. The summed E-state index contributed by atoms with van der Waals surface area (Å²) in [6, 6.07) is 3.33. The van der Waals surface area contributed by atoms with Gasteiger partial charge in [0.15, 0.2) is 11.5 Å². The molecule has 124 valence electrons. The van der Waals surface area contributed by atoms with Gasteiger partial charge in [-0.2, -0.15) is 4.31 Å². The van der Waals surface area contributed by atoms with E-state index in [-0.39, 0.29) is 17.0 Å². The summed E-state index contributed by atoms with van der Waals surface area (Å²) in [6.07, 6.45) is 0. The van der Waals surface area contributed by atoms with E-state index in [0.717, 1.165) is 0 Å². The first kappa shape index (κ1) is 17.5. The number of nitrogens with zero attached hydrogens (tertiary/aromatic N) is 1. The first-order chi connectivity index (χ1) is 10.3. The van der Waals surface area contributed by atoms with Gasteiger partial charge < -0.3 is 14.8 Å². The van der Waals surface area contributed by atoms with Gasteiger partial charge in [-0.3, -0.25) is 0 Å². The number of piperazine rings is 1. The van der Waals surface area contributed by atoms with E-state index in [2.05, 4.69) is 21.2 Å². The van der Waals surface area contributed by atoms with Crippen LogP contribution in [0.2, 0.25) is 0 Å². The Bertz CT molecular complexity index is 640. The lowest BCUT2D eigenvalue weighted by Crippen LogP contribution is -2.55. The molecule has 1 fully saturated rings. The third-order valence-electron chi connectivity index (χ3n) is 3.58. The molecule has 2 atom stereocenters. The van der Waals surface area contributed by atoms with E-state index >= 15 is 0 Å². The molecule has 1 heterocycles. The Morgan fingerprint density at radius 1 is 1.14 bits per heavy atom. The number of nitrogens with one attached hydrogen (secondary N) is 1. The van der Waals surface area contributed by atoms with Crippen molar-refractivity contribution in [1.82, 2.24) is 9.62 Å². The van der Waals surface area contributed by atoms with Crippen LogP contribution in [0.4, 0.5) is 0 Å². The highest BCUT2D eigenvalue weighted by atomic mass is 79.9. The highest BCUT2D eigenvalue weighted by Gasteiger charge is 2.33. The van der Waals surface area contributed by atoms with Crippen molar-refractivity contribution in [2.75, 3.05) is 27.3 Å². The van der Waals surface area contributed by atoms with Gasteiger partial charge in [-0.15, -0.1) is 0 Å². The van der Waals surface area contributed by atoms with Gasteiger partial charge in [-0.25, -0.2) is 8.42 Å². The summed E-state index contributed by atoms with van der Waals surface area (Å²) in [5.41, 5.74) is 0. The average Bonchev–Trinajstić information content (AvgIpc) is 2.45. The zero-order valence-electron chi connectivity index (χ0n) is 13.1. The van der Waals surface area contributed by atoms with Crippen LogP contribution >= 0.6 is 15.9 Å². The first-order valence-corrected chi connectivity index (χ1v) is 9.20. The van der Waals surface area contributed by atoms with Crippen molar-refractivity contribution in [3.05, 3.63) is 16.6 Å². The van der Waals surface area contributed by atoms with Gasteiger partial charge >= 0.3 is 0 Å². The Balaban J connectivity index is 2.45. The number of methoxy groups -OCH3 is 2. The molecule has 2 rings (SSSR count). The Labute approximate surface area is 140 Å². The van der Waals surface area contributed by atoms with E-state index in [1.54, 1.807) is 6.07 Å². The minimum Gasteiger partial charge on any atom is -0.493 e. The molecule has 0 aliphatic carbocycles. The van der Waals surface area contributed by atoms with Crippen LogP contribution in [0, 0.1) is 0 Å². The highest BCUT2D eigenvalue weighted by Crippen LogP contribution is 2.37. The molecular weight excluding hydrogens is 372 g/mol. The minimum atomic E-state index is -3.61. The summed E-state index contributed by atoms with van der Waals surface area (Å²) >= 11 is 3.33. The Morgan fingerprint density at radius 3 is 2.14 bits per heavy atom. The Morgan fingerprint density at radius 2 is 1.64 bits per heavy atom. The summed E-state index contributed by atoms with van der Waals surface area (Å²) < 4.78 is 38.3. The van der Waals surface area contributed by atoms with Crippen molar-refractivity contribution in [2.45, 2.75) is 30.8 Å². The third-order valence-corrected chi connectivity index (χ3v) is 6.37. The molecule has 6 nitrogen and oxygen atoms in total. The molecule has 0 amide bonds. The molecule has 1 saturated heterocycles. The van der Waals surface area contributed by atoms with Gasteiger partial charge in [0.1, 0.15) is 4.90 Å². The lowest BCUT2D eigenvalue weighted by atomic mass is 10.2. The fourth-order valence-corrected chi connectivity index (χ4v) is 5.26. The van der Waals surface area contributed by atoms with Crippen LogP contribution in [0.1, 0.15) is 13.8 Å². The maximum Gasteiger partial charge on any atom is 0.244 e. The number of hydrogen-bond donors (Lipinski definition) is 1. The van der Waals surface area contributed by atoms with Gasteiger partial charge in [0.25, 0.3) is 0 Å². The maximum absolute atomic E-state index is 12.9. The topological polar surface area (TPSA) is 67.9 Å². The molecule has 0 aromatic heterocycles. The fraction of sp³-hybridized carbons (Fsp3) is 0.571. The second-order valence-electron chi connectivity index (χ2n) is 5.43. The monoisotopic (exact) mass is 392 g/mol. The number of benzene rings is 1. The van der Waals surface area contributed by atoms with Gasteiger partial charge in [-0.05, 0) is 35.8 Å². The predicted molar refractivity (Wildman–Crippen MR) is 88.1 cm³/mol. The number of halogens is 1. The molecule has 0 bridgehead atoms. The second kappa shape index (κ2) is 6.74. The van der Waals surface area contributed by atoms with Crippen molar-refractivity contribution < 1.29 is 17.9 Å². The molecule has 1 aliphatic rings. The molecule has 1 aliphatic heterocycles. The van der Waals surface area contributed by atoms with Crippen molar-refractivity contribution >= 4 is 26.0 Å². The van der Waals surface area contributed by atoms with E-state index in [0.29, 0.717) is 29.1 Å². The average molecular weight is 393 g/mol. The third kappa shape index (κ3) is 3.40. The van der Waals surface area contributed by atoms with E-state index < -0.39 is 10.0 Å². The molecule has 1 aromatic rings. The number of ether oxygens (including phenoxy) is 2. The molecule has 0 radical (unpaired) electrons. The van der Waals surface area contributed by atoms with E-state index in [4.69, 9.17) is 9.47 Å². The van der Waals surface area contributed by atoms with Crippen LogP contribution in [-0.2, 0) is 10.0 Å². The van der Waals surface area contributed by atoms with E-state index in [1.807, 2.05) is 13.8 Å². The standard InChI is InChI=1S/C14H21BrN2O4S/c1-9-7-17(8-10(2)16-9)22(18,19)14-6-13(21-4)12(20-3)5-11(14)15/h5-6,9-10,16H,7-8H2,1-4H3/t9-,10+. The molecule has 8 heteroatoms. The van der Waals surface area contributed by atoms with Crippen molar-refractivity contribution in [2.24, 2.45) is 0 Å². The van der Waals surface area contributed by atoms with E-state index in [9.17, 15) is 8.42 Å². The van der Waals surface area contributed by atoms with E-state index in [1.165, 1.54) is 24.6 Å². The molecule has 1 N–H and O–H groups in total. The lowest BCUT2D eigenvalue weighted by molar-refractivity contribution is 0.262. The van der Waals surface area contributed by atoms with Crippen molar-refractivity contribution in [3.63, 3.8) is 0 Å². The zero-order chi connectivity index (χ0) is 16.5. The summed E-state index contributed by atoms with van der Waals surface area (Å²) in [5.74, 6) is 0.871. The predicted octanol–water partition coefficient (Wildman–Crippen LogP) is 1.84. The van der Waals surface area contributed by atoms with Crippen LogP contribution in [0.25, 0.3) is 0 Å². The Kier molecular flexibility index (Phi) is 5.37. The van der Waals surface area contributed by atoms with Gasteiger partial charge in [0.05, 0.1) is 14.2 Å². The van der Waals surface area contributed by atoms with Crippen molar-refractivity contribution in [1.29, 1.82) is 0 Å². The van der Waals surface area contributed by atoms with Crippen LogP contribution < -0.4 is 14.8 Å². The highest BCUT2D eigenvalue weighted by molar-refractivity contribution is 9.10. The second-order valence-corrected chi connectivity index (χ2v) is 8.19. The number of rotatable bonds is 4. The smallest absolute Gasteiger partial charge is 0.244 e. The van der Waals surface area contributed by atoms with Gasteiger partial charge in [0, 0.05) is 35.7 Å². The summed E-state index contributed by atoms with van der Waals surface area (Å²) in [7, 11) is -0.610. The molecule has 0 saturated carbocycles. The molecule has 0 unspecified atom stereocenters. The van der Waals surface area contributed by atoms with Crippen molar-refractivity contribution in [3.8, 4) is 11.5 Å². The van der Waals surface area contributed by atoms with Crippen LogP contribution in [0.3, 0.4) is 0 Å². The first-order valence-electron chi connectivity index (χ1n) is 6.97. The minimum absolute atomic E-state index is 0.109. The number of sulfonamides is 1. The van der Waals surface area contributed by atoms with Crippen LogP contribution in [0.5, 0.6) is 11.5 Å². The van der Waals surface area contributed by atoms with Crippen LogP contribution in [-0.4, -0.2) is 52.1 Å². The lowest BCUT2D eigenvalue weighted by Gasteiger charge is -2.35. The summed E-state index contributed by atoms with van der Waals surface area (Å²) in [4.78, 5) is 0.187. The Hall–Kier alpha value is -0.830. The normalized spacial score (nSPS) is 23.3. The molecule has 0 spiro atoms. The van der Waals surface area contributed by atoms with Gasteiger partial charge in [-0.1, -0.05) is 0 Å².